The summed E-state index contributed by atoms with van der Waals surface area (Å²) in [6, 6.07) is 1.03. The standard InChI is InChI=1S/C20H30N6O4S.ClH/c1-13-11-17(30-5)14(2)15(3)19(13)31(28,29)25-12-24-23-8-6-7-16(21)18(27)20-22-9-10-26(20)4;/h9-12,16,23H,6-8,21H2,1-5H3,(H,24,25);1H. The lowest BCUT2D eigenvalue weighted by atomic mass is 10.1. The molecule has 178 valence electrons. The predicted octanol–water partition coefficient (Wildman–Crippen LogP) is 1.58. The Hall–Kier alpha value is -2.47. The highest BCUT2D eigenvalue weighted by molar-refractivity contribution is 7.90. The first-order valence-electron chi connectivity index (χ1n) is 9.79. The minimum absolute atomic E-state index is 0. The van der Waals surface area contributed by atoms with Gasteiger partial charge in [-0.2, -0.15) is 8.42 Å². The lowest BCUT2D eigenvalue weighted by molar-refractivity contribution is 0.0943. The van der Waals surface area contributed by atoms with Crippen LogP contribution in [0.5, 0.6) is 5.75 Å². The summed E-state index contributed by atoms with van der Waals surface area (Å²) in [6.07, 6.45) is 5.39. The molecule has 0 aliphatic rings. The van der Waals surface area contributed by atoms with Gasteiger partial charge in [-0.25, -0.2) is 10.4 Å². The molecule has 0 fully saturated rings. The Morgan fingerprint density at radius 1 is 1.34 bits per heavy atom. The van der Waals surface area contributed by atoms with Gasteiger partial charge in [-0.15, -0.1) is 16.8 Å². The van der Waals surface area contributed by atoms with Crippen molar-refractivity contribution >= 4 is 34.6 Å². The molecule has 1 unspecified atom stereocenters. The fourth-order valence-corrected chi connectivity index (χ4v) is 4.51. The quantitative estimate of drug-likeness (QED) is 0.143. The molecular formula is C20H31ClN6O4S. The van der Waals surface area contributed by atoms with Crippen LogP contribution in [-0.4, -0.2) is 49.8 Å². The van der Waals surface area contributed by atoms with Gasteiger partial charge in [0.15, 0.2) is 5.82 Å². The second-order valence-corrected chi connectivity index (χ2v) is 8.80. The van der Waals surface area contributed by atoms with Gasteiger partial charge in [0.2, 0.25) is 5.78 Å². The summed E-state index contributed by atoms with van der Waals surface area (Å²) in [7, 11) is -0.594. The number of carbonyl (C=O) groups is 1. The van der Waals surface area contributed by atoms with E-state index in [9.17, 15) is 13.2 Å². The van der Waals surface area contributed by atoms with Crippen LogP contribution in [0.15, 0.2) is 27.8 Å². The third-order valence-corrected chi connectivity index (χ3v) is 6.54. The Labute approximate surface area is 195 Å². The van der Waals surface area contributed by atoms with E-state index in [4.69, 9.17) is 10.5 Å². The first kappa shape index (κ1) is 27.6. The van der Waals surface area contributed by atoms with Gasteiger partial charge >= 0.3 is 0 Å². The van der Waals surface area contributed by atoms with Crippen molar-refractivity contribution in [3.63, 3.8) is 0 Å². The number of carbonyl (C=O) groups excluding carboxylic acids is 1. The van der Waals surface area contributed by atoms with Crippen LogP contribution in [0.25, 0.3) is 0 Å². The summed E-state index contributed by atoms with van der Waals surface area (Å²) in [5.41, 5.74) is 13.3. The number of rotatable bonds is 11. The van der Waals surface area contributed by atoms with Crippen molar-refractivity contribution in [1.82, 2.24) is 20.4 Å². The zero-order valence-electron chi connectivity index (χ0n) is 18.9. The number of ketones is 1. The van der Waals surface area contributed by atoms with Crippen LogP contribution in [0.4, 0.5) is 0 Å². The Morgan fingerprint density at radius 2 is 2.03 bits per heavy atom. The molecule has 32 heavy (non-hydrogen) atoms. The number of aryl methyl sites for hydroxylation is 2. The van der Waals surface area contributed by atoms with Crippen molar-refractivity contribution in [2.24, 2.45) is 17.2 Å². The molecule has 0 aliphatic carbocycles. The topological polar surface area (TPSA) is 141 Å². The summed E-state index contributed by atoms with van der Waals surface area (Å²) in [5, 5.41) is 0. The van der Waals surface area contributed by atoms with E-state index in [0.717, 1.165) is 11.9 Å². The number of benzene rings is 1. The van der Waals surface area contributed by atoms with Crippen molar-refractivity contribution in [3.8, 4) is 5.75 Å². The summed E-state index contributed by atoms with van der Waals surface area (Å²) in [5.74, 6) is 0.751. The van der Waals surface area contributed by atoms with Gasteiger partial charge in [-0.1, -0.05) is 0 Å². The predicted molar refractivity (Wildman–Crippen MR) is 126 cm³/mol. The zero-order chi connectivity index (χ0) is 23.2. The van der Waals surface area contributed by atoms with Crippen molar-refractivity contribution in [2.45, 2.75) is 44.6 Å². The van der Waals surface area contributed by atoms with E-state index in [1.54, 1.807) is 58.0 Å². The second kappa shape index (κ2) is 12.0. The van der Waals surface area contributed by atoms with E-state index < -0.39 is 16.1 Å². The monoisotopic (exact) mass is 486 g/mol. The Morgan fingerprint density at radius 3 is 2.62 bits per heavy atom. The second-order valence-electron chi connectivity index (χ2n) is 7.23. The Kier molecular flexibility index (Phi) is 10.3. The maximum atomic E-state index is 12.7. The van der Waals surface area contributed by atoms with Crippen LogP contribution in [-0.2, 0) is 17.1 Å². The minimum atomic E-state index is -3.88. The highest BCUT2D eigenvalue weighted by atomic mass is 35.5. The molecule has 2 rings (SSSR count). The molecule has 0 radical (unpaired) electrons. The van der Waals surface area contributed by atoms with Crippen molar-refractivity contribution in [3.05, 3.63) is 41.0 Å². The van der Waals surface area contributed by atoms with Crippen LogP contribution in [0.3, 0.4) is 0 Å². The molecule has 1 aromatic carbocycles. The fraction of sp³-hybridized carbons (Fsp3) is 0.450. The average Bonchev–Trinajstić information content (AvgIpc) is 3.14. The van der Waals surface area contributed by atoms with Gasteiger partial charge in [-0.05, 0) is 56.4 Å². The number of hydrogen-bond acceptors (Lipinski definition) is 7. The molecule has 0 amide bonds. The zero-order valence-corrected chi connectivity index (χ0v) is 20.5. The molecule has 1 heterocycles. The lowest BCUT2D eigenvalue weighted by Crippen LogP contribution is -2.35. The SMILES string of the molecule is COc1cc(C)c(S(=O)(=O)N=CNNCCCC(N)C(=O)c2nccn2C)c(C)c1C.Cl. The number of nitrogens with zero attached hydrogens (tertiary/aromatic N) is 3. The highest BCUT2D eigenvalue weighted by Gasteiger charge is 2.22. The molecule has 0 bridgehead atoms. The first-order chi connectivity index (χ1) is 14.6. The maximum absolute atomic E-state index is 12.7. The molecule has 2 aromatic rings. The molecule has 0 aliphatic heterocycles. The van der Waals surface area contributed by atoms with Gasteiger partial charge in [0, 0.05) is 26.0 Å². The molecule has 0 saturated heterocycles. The van der Waals surface area contributed by atoms with E-state index >= 15 is 0 Å². The number of hydrogen-bond donors (Lipinski definition) is 3. The molecule has 12 heteroatoms. The summed E-state index contributed by atoms with van der Waals surface area (Å²) in [6.45, 7) is 5.71. The van der Waals surface area contributed by atoms with E-state index in [-0.39, 0.29) is 23.1 Å². The molecule has 10 nitrogen and oxygen atoms in total. The summed E-state index contributed by atoms with van der Waals surface area (Å²) >= 11 is 0. The van der Waals surface area contributed by atoms with Gasteiger partial charge in [0.1, 0.15) is 12.1 Å². The first-order valence-corrected chi connectivity index (χ1v) is 11.2. The number of halogens is 1. The number of hydrazine groups is 1. The highest BCUT2D eigenvalue weighted by Crippen LogP contribution is 2.31. The summed E-state index contributed by atoms with van der Waals surface area (Å²) in [4.78, 5) is 16.4. The number of sulfonamides is 1. The molecule has 0 spiro atoms. The van der Waals surface area contributed by atoms with E-state index in [1.165, 1.54) is 0 Å². The minimum Gasteiger partial charge on any atom is -0.496 e. The van der Waals surface area contributed by atoms with Crippen molar-refractivity contribution in [1.29, 1.82) is 0 Å². The Bertz CT molecular complexity index is 1070. The van der Waals surface area contributed by atoms with Crippen LogP contribution in [0, 0.1) is 20.8 Å². The Balaban J connectivity index is 0.00000512. The normalized spacial score (nSPS) is 12.4. The largest absolute Gasteiger partial charge is 0.496 e. The van der Waals surface area contributed by atoms with E-state index in [1.807, 2.05) is 0 Å². The van der Waals surface area contributed by atoms with Crippen molar-refractivity contribution in [2.75, 3.05) is 13.7 Å². The number of aromatic nitrogens is 2. The lowest BCUT2D eigenvalue weighted by Gasteiger charge is -2.14. The summed E-state index contributed by atoms with van der Waals surface area (Å²) < 4.78 is 35.9. The average molecular weight is 487 g/mol. The third kappa shape index (κ3) is 6.52. The van der Waals surface area contributed by atoms with Gasteiger partial charge < -0.3 is 20.5 Å². The van der Waals surface area contributed by atoms with Gasteiger partial charge in [-0.3, -0.25) is 4.79 Å². The fourth-order valence-electron chi connectivity index (χ4n) is 3.21. The molecule has 4 N–H and O–H groups in total. The van der Waals surface area contributed by atoms with Gasteiger partial charge in [0.05, 0.1) is 18.0 Å². The van der Waals surface area contributed by atoms with E-state index in [2.05, 4.69) is 20.2 Å². The van der Waals surface area contributed by atoms with Crippen molar-refractivity contribution < 1.29 is 17.9 Å². The number of nitrogens with two attached hydrogens (primary N) is 1. The third-order valence-electron chi connectivity index (χ3n) is 5.01. The maximum Gasteiger partial charge on any atom is 0.284 e. The van der Waals surface area contributed by atoms with Gasteiger partial charge in [0.25, 0.3) is 10.0 Å². The molecule has 1 atom stereocenters. The number of imidazole rings is 1. The van der Waals surface area contributed by atoms with E-state index in [0.29, 0.717) is 42.1 Å². The van der Waals surface area contributed by atoms with Crippen LogP contribution < -0.4 is 21.3 Å². The van der Waals surface area contributed by atoms with Crippen LogP contribution >= 0.6 is 12.4 Å². The smallest absolute Gasteiger partial charge is 0.284 e. The molecule has 0 saturated carbocycles. The molecular weight excluding hydrogens is 456 g/mol. The number of nitrogens with one attached hydrogen (secondary N) is 2. The number of methoxy groups -OCH3 is 1. The molecule has 1 aromatic heterocycles. The van der Waals surface area contributed by atoms with Crippen LogP contribution in [0.2, 0.25) is 0 Å². The number of Topliss-reactive ketones (excluding diaryl/α,β-unsaturated/α-hetero) is 1. The number of ether oxygens (including phenoxy) is 1. The van der Waals surface area contributed by atoms with Crippen LogP contribution in [0.1, 0.15) is 40.2 Å².